The van der Waals surface area contributed by atoms with Gasteiger partial charge in [-0.05, 0) is 18.9 Å². The Balaban J connectivity index is 2.50. The molecule has 22 heavy (non-hydrogen) atoms. The summed E-state index contributed by atoms with van der Waals surface area (Å²) in [4.78, 5) is 11.3. The van der Waals surface area contributed by atoms with Crippen molar-refractivity contribution in [2.45, 2.75) is 44.1 Å². The van der Waals surface area contributed by atoms with E-state index in [0.717, 1.165) is 31.2 Å². The Morgan fingerprint density at radius 1 is 1.00 bits per heavy atom. The van der Waals surface area contributed by atoms with E-state index in [9.17, 15) is 10.1 Å². The van der Waals surface area contributed by atoms with Crippen molar-refractivity contribution in [2.75, 3.05) is 21.3 Å². The highest BCUT2D eigenvalue weighted by atomic mass is 16.6. The van der Waals surface area contributed by atoms with Crippen LogP contribution in [-0.2, 0) is 0 Å². The predicted octanol–water partition coefficient (Wildman–Crippen LogP) is 3.41. The van der Waals surface area contributed by atoms with Gasteiger partial charge in [-0.1, -0.05) is 18.9 Å². The number of methoxy groups -OCH3 is 3. The fraction of sp³-hybridized carbons (Fsp3) is 0.625. The Bertz CT molecular complexity index is 532. The van der Waals surface area contributed by atoms with Gasteiger partial charge in [0.2, 0.25) is 11.8 Å². The number of benzene rings is 1. The minimum Gasteiger partial charge on any atom is -0.493 e. The molecule has 1 fully saturated rings. The minimum absolute atomic E-state index is 0.147. The number of nitro groups is 1. The number of ether oxygens (including phenoxy) is 3. The molecule has 0 saturated heterocycles. The van der Waals surface area contributed by atoms with E-state index in [2.05, 4.69) is 0 Å². The maximum Gasteiger partial charge on any atom is 0.220 e. The minimum atomic E-state index is -0.575. The van der Waals surface area contributed by atoms with Crippen molar-refractivity contribution in [3.05, 3.63) is 27.8 Å². The molecule has 122 valence electrons. The van der Waals surface area contributed by atoms with Crippen molar-refractivity contribution >= 4 is 0 Å². The first kappa shape index (κ1) is 16.4. The standard InChI is InChI=1S/C16H23NO5/c1-20-14-10-9-12(15(21-2)16(14)22-3)11-7-5-4-6-8-13(11)17(18)19/h9-11,13H,4-8H2,1-3H3. The van der Waals surface area contributed by atoms with Crippen LogP contribution < -0.4 is 14.2 Å². The molecule has 1 aliphatic rings. The van der Waals surface area contributed by atoms with Gasteiger partial charge in [-0.15, -0.1) is 0 Å². The van der Waals surface area contributed by atoms with Gasteiger partial charge >= 0.3 is 0 Å². The molecule has 0 aromatic heterocycles. The van der Waals surface area contributed by atoms with Crippen LogP contribution in [0, 0.1) is 10.1 Å². The predicted molar refractivity (Wildman–Crippen MR) is 82.7 cm³/mol. The van der Waals surface area contributed by atoms with Crippen molar-refractivity contribution in [2.24, 2.45) is 0 Å². The molecule has 1 aliphatic carbocycles. The number of hydrogen-bond donors (Lipinski definition) is 0. The summed E-state index contributed by atoms with van der Waals surface area (Å²) in [5, 5.41) is 11.5. The van der Waals surface area contributed by atoms with Gasteiger partial charge in [0, 0.05) is 16.9 Å². The van der Waals surface area contributed by atoms with Crippen molar-refractivity contribution in [3.63, 3.8) is 0 Å². The van der Waals surface area contributed by atoms with Gasteiger partial charge in [0.1, 0.15) is 0 Å². The first-order chi connectivity index (χ1) is 10.6. The number of nitrogens with zero attached hydrogens (tertiary/aromatic N) is 1. The van der Waals surface area contributed by atoms with Crippen molar-refractivity contribution < 1.29 is 19.1 Å². The van der Waals surface area contributed by atoms with Crippen LogP contribution in [0.2, 0.25) is 0 Å². The first-order valence-electron chi connectivity index (χ1n) is 7.56. The summed E-state index contributed by atoms with van der Waals surface area (Å²) in [6.07, 6.45) is 4.33. The van der Waals surface area contributed by atoms with E-state index in [4.69, 9.17) is 14.2 Å². The summed E-state index contributed by atoms with van der Waals surface area (Å²) in [7, 11) is 4.66. The lowest BCUT2D eigenvalue weighted by Gasteiger charge is -2.23. The molecule has 1 aromatic carbocycles. The lowest BCUT2D eigenvalue weighted by Crippen LogP contribution is -2.27. The second kappa shape index (κ2) is 7.33. The molecule has 6 nitrogen and oxygen atoms in total. The van der Waals surface area contributed by atoms with Crippen LogP contribution in [0.5, 0.6) is 17.2 Å². The zero-order chi connectivity index (χ0) is 16.1. The van der Waals surface area contributed by atoms with E-state index >= 15 is 0 Å². The molecule has 2 rings (SSSR count). The Morgan fingerprint density at radius 2 is 1.68 bits per heavy atom. The molecule has 0 heterocycles. The van der Waals surface area contributed by atoms with Gasteiger partial charge < -0.3 is 14.2 Å². The molecule has 6 heteroatoms. The highest BCUT2D eigenvalue weighted by Crippen LogP contribution is 2.46. The molecule has 1 saturated carbocycles. The normalized spacial score (nSPS) is 21.8. The number of hydrogen-bond acceptors (Lipinski definition) is 5. The van der Waals surface area contributed by atoms with Crippen LogP contribution in [0.3, 0.4) is 0 Å². The molecule has 2 unspecified atom stereocenters. The number of rotatable bonds is 5. The largest absolute Gasteiger partial charge is 0.493 e. The van der Waals surface area contributed by atoms with E-state index in [1.807, 2.05) is 6.07 Å². The summed E-state index contributed by atoms with van der Waals surface area (Å²) in [6.45, 7) is 0. The van der Waals surface area contributed by atoms with Crippen molar-refractivity contribution in [1.29, 1.82) is 0 Å². The van der Waals surface area contributed by atoms with Crippen LogP contribution in [0.15, 0.2) is 12.1 Å². The van der Waals surface area contributed by atoms with Crippen molar-refractivity contribution in [1.82, 2.24) is 0 Å². The lowest BCUT2D eigenvalue weighted by atomic mass is 9.87. The molecule has 0 amide bonds. The van der Waals surface area contributed by atoms with E-state index in [1.165, 1.54) is 0 Å². The van der Waals surface area contributed by atoms with Gasteiger partial charge in [-0.25, -0.2) is 0 Å². The highest BCUT2D eigenvalue weighted by Gasteiger charge is 2.36. The van der Waals surface area contributed by atoms with Crippen LogP contribution >= 0.6 is 0 Å². The van der Waals surface area contributed by atoms with E-state index in [-0.39, 0.29) is 10.8 Å². The third-order valence-electron chi connectivity index (χ3n) is 4.38. The van der Waals surface area contributed by atoms with Gasteiger partial charge in [0.25, 0.3) is 0 Å². The fourth-order valence-corrected chi connectivity index (χ4v) is 3.32. The van der Waals surface area contributed by atoms with Crippen molar-refractivity contribution in [3.8, 4) is 17.2 Å². The first-order valence-corrected chi connectivity index (χ1v) is 7.56. The summed E-state index contributed by atoms with van der Waals surface area (Å²) in [5.41, 5.74) is 0.837. The van der Waals surface area contributed by atoms with Gasteiger partial charge in [0.15, 0.2) is 11.5 Å². The molecule has 0 N–H and O–H groups in total. The van der Waals surface area contributed by atoms with E-state index in [1.54, 1.807) is 27.4 Å². The molecule has 0 radical (unpaired) electrons. The maximum absolute atomic E-state index is 11.5. The molecular weight excluding hydrogens is 286 g/mol. The van der Waals surface area contributed by atoms with E-state index in [0.29, 0.717) is 23.7 Å². The smallest absolute Gasteiger partial charge is 0.220 e. The van der Waals surface area contributed by atoms with Gasteiger partial charge in [-0.3, -0.25) is 10.1 Å². The Morgan fingerprint density at radius 3 is 2.27 bits per heavy atom. The van der Waals surface area contributed by atoms with Crippen LogP contribution in [0.25, 0.3) is 0 Å². The molecule has 2 atom stereocenters. The zero-order valence-electron chi connectivity index (χ0n) is 13.3. The summed E-state index contributed by atoms with van der Waals surface area (Å²) < 4.78 is 16.2. The second-order valence-electron chi connectivity index (χ2n) is 5.52. The quantitative estimate of drug-likeness (QED) is 0.473. The zero-order valence-corrected chi connectivity index (χ0v) is 13.3. The Hall–Kier alpha value is -1.98. The second-order valence-corrected chi connectivity index (χ2v) is 5.52. The fourth-order valence-electron chi connectivity index (χ4n) is 3.32. The van der Waals surface area contributed by atoms with Crippen LogP contribution in [-0.4, -0.2) is 32.3 Å². The van der Waals surface area contributed by atoms with Crippen LogP contribution in [0.4, 0.5) is 0 Å². The molecule has 1 aromatic rings. The molecular formula is C16H23NO5. The highest BCUT2D eigenvalue weighted by molar-refractivity contribution is 5.57. The third-order valence-corrected chi connectivity index (χ3v) is 4.38. The van der Waals surface area contributed by atoms with Gasteiger partial charge in [0.05, 0.1) is 27.2 Å². The Kier molecular flexibility index (Phi) is 5.46. The average molecular weight is 309 g/mol. The summed E-state index contributed by atoms with van der Waals surface area (Å²) >= 11 is 0. The van der Waals surface area contributed by atoms with E-state index < -0.39 is 6.04 Å². The monoisotopic (exact) mass is 309 g/mol. The SMILES string of the molecule is COc1ccc(C2CCCCCC2[N+](=O)[O-])c(OC)c1OC. The molecule has 0 spiro atoms. The summed E-state index contributed by atoms with van der Waals surface area (Å²) in [5.74, 6) is 1.44. The molecule has 0 aliphatic heterocycles. The third kappa shape index (κ3) is 3.10. The Labute approximate surface area is 130 Å². The summed E-state index contributed by atoms with van der Waals surface area (Å²) in [6, 6.07) is 3.08. The topological polar surface area (TPSA) is 70.8 Å². The average Bonchev–Trinajstić information content (AvgIpc) is 2.78. The lowest BCUT2D eigenvalue weighted by molar-refractivity contribution is -0.527. The van der Waals surface area contributed by atoms with Crippen LogP contribution in [0.1, 0.15) is 43.6 Å². The van der Waals surface area contributed by atoms with Gasteiger partial charge in [-0.2, -0.15) is 0 Å². The molecule has 0 bridgehead atoms. The maximum atomic E-state index is 11.5.